The Morgan fingerprint density at radius 3 is 3.06 bits per heavy atom. The average molecular weight is 253 g/mol. The van der Waals surface area contributed by atoms with Crippen molar-refractivity contribution < 1.29 is 4.74 Å². The molecule has 4 heteroatoms. The number of hydrogen-bond acceptors (Lipinski definition) is 3. The summed E-state index contributed by atoms with van der Waals surface area (Å²) < 4.78 is 4.91. The zero-order valence-corrected chi connectivity index (χ0v) is 10.9. The zero-order valence-electron chi connectivity index (χ0n) is 10.2. The lowest BCUT2D eigenvalue weighted by atomic mass is 10.1. The van der Waals surface area contributed by atoms with Gasteiger partial charge in [-0.2, -0.15) is 0 Å². The minimum atomic E-state index is 0.467. The summed E-state index contributed by atoms with van der Waals surface area (Å²) in [5.41, 5.74) is 2.14. The zero-order chi connectivity index (χ0) is 12.3. The molecule has 1 aromatic rings. The van der Waals surface area contributed by atoms with Crippen molar-refractivity contribution in [3.05, 3.63) is 34.8 Å². The molecule has 0 unspecified atom stereocenters. The maximum absolute atomic E-state index is 6.04. The summed E-state index contributed by atoms with van der Waals surface area (Å²) in [5.74, 6) is 0. The van der Waals surface area contributed by atoms with Crippen LogP contribution >= 0.6 is 11.6 Å². The van der Waals surface area contributed by atoms with Crippen LogP contribution in [0, 0.1) is 0 Å². The quantitative estimate of drug-likeness (QED) is 0.611. The lowest BCUT2D eigenvalue weighted by Crippen LogP contribution is -2.17. The van der Waals surface area contributed by atoms with E-state index in [0.717, 1.165) is 12.1 Å². The predicted molar refractivity (Wildman–Crippen MR) is 69.9 cm³/mol. The van der Waals surface area contributed by atoms with Gasteiger partial charge in [-0.25, -0.2) is 4.98 Å². The van der Waals surface area contributed by atoms with Crippen LogP contribution in [-0.2, 0) is 4.74 Å². The van der Waals surface area contributed by atoms with Crippen molar-refractivity contribution in [2.24, 2.45) is 0 Å². The SMILES string of the molecule is CO/C=C\c1cc([C@@H]2CCCN2C)cnc1Cl. The van der Waals surface area contributed by atoms with E-state index in [1.165, 1.54) is 18.4 Å². The van der Waals surface area contributed by atoms with Gasteiger partial charge < -0.3 is 4.74 Å². The summed E-state index contributed by atoms with van der Waals surface area (Å²) in [6, 6.07) is 2.56. The Labute approximate surface area is 107 Å². The van der Waals surface area contributed by atoms with E-state index in [4.69, 9.17) is 16.3 Å². The molecule has 2 heterocycles. The highest BCUT2D eigenvalue weighted by Gasteiger charge is 2.23. The van der Waals surface area contributed by atoms with Crippen molar-refractivity contribution in [2.75, 3.05) is 20.7 Å². The van der Waals surface area contributed by atoms with Gasteiger partial charge in [0.15, 0.2) is 0 Å². The summed E-state index contributed by atoms with van der Waals surface area (Å²) in [6.45, 7) is 1.15. The Hall–Kier alpha value is -1.06. The summed E-state index contributed by atoms with van der Waals surface area (Å²) in [7, 11) is 3.77. The van der Waals surface area contributed by atoms with Gasteiger partial charge in [-0.3, -0.25) is 4.90 Å². The number of aromatic nitrogens is 1. The number of ether oxygens (including phenoxy) is 1. The van der Waals surface area contributed by atoms with Crippen molar-refractivity contribution >= 4 is 17.7 Å². The summed E-state index contributed by atoms with van der Waals surface area (Å²) in [5, 5.41) is 0.516. The van der Waals surface area contributed by atoms with Crippen molar-refractivity contribution in [1.29, 1.82) is 0 Å². The normalized spacial score (nSPS) is 21.2. The van der Waals surface area contributed by atoms with Crippen LogP contribution in [-0.4, -0.2) is 30.6 Å². The maximum atomic E-state index is 6.04. The second-order valence-electron chi connectivity index (χ2n) is 4.33. The first kappa shape index (κ1) is 12.4. The van der Waals surface area contributed by atoms with Gasteiger partial charge in [0.1, 0.15) is 5.15 Å². The summed E-state index contributed by atoms with van der Waals surface area (Å²) >= 11 is 6.04. The highest BCUT2D eigenvalue weighted by molar-refractivity contribution is 6.30. The van der Waals surface area contributed by atoms with Crippen molar-refractivity contribution in [1.82, 2.24) is 9.88 Å². The van der Waals surface area contributed by atoms with Crippen LogP contribution in [0.4, 0.5) is 0 Å². The molecule has 0 saturated carbocycles. The Morgan fingerprint density at radius 2 is 2.41 bits per heavy atom. The largest absolute Gasteiger partial charge is 0.504 e. The van der Waals surface area contributed by atoms with E-state index in [9.17, 15) is 0 Å². The molecule has 1 atom stereocenters. The lowest BCUT2D eigenvalue weighted by Gasteiger charge is -2.19. The van der Waals surface area contributed by atoms with Gasteiger partial charge in [-0.1, -0.05) is 11.6 Å². The van der Waals surface area contributed by atoms with Gasteiger partial charge in [0.25, 0.3) is 0 Å². The van der Waals surface area contributed by atoms with E-state index in [-0.39, 0.29) is 0 Å². The van der Waals surface area contributed by atoms with E-state index < -0.39 is 0 Å². The van der Waals surface area contributed by atoms with Crippen LogP contribution in [0.25, 0.3) is 6.08 Å². The molecule has 1 aliphatic rings. The smallest absolute Gasteiger partial charge is 0.136 e. The van der Waals surface area contributed by atoms with Gasteiger partial charge in [0.2, 0.25) is 0 Å². The third-order valence-electron chi connectivity index (χ3n) is 3.18. The number of likely N-dealkylation sites (tertiary alicyclic amines) is 1. The van der Waals surface area contributed by atoms with E-state index >= 15 is 0 Å². The topological polar surface area (TPSA) is 25.4 Å². The van der Waals surface area contributed by atoms with Crippen LogP contribution in [0.5, 0.6) is 0 Å². The molecule has 1 fully saturated rings. The third-order valence-corrected chi connectivity index (χ3v) is 3.49. The van der Waals surface area contributed by atoms with Crippen LogP contribution in [0.3, 0.4) is 0 Å². The molecule has 0 spiro atoms. The summed E-state index contributed by atoms with van der Waals surface area (Å²) in [4.78, 5) is 6.60. The predicted octanol–water partition coefficient (Wildman–Crippen LogP) is 3.12. The lowest BCUT2D eigenvalue weighted by molar-refractivity contribution is 0.317. The van der Waals surface area contributed by atoms with Gasteiger partial charge in [-0.05, 0) is 44.1 Å². The molecule has 3 nitrogen and oxygen atoms in total. The molecule has 1 saturated heterocycles. The molecule has 0 aliphatic carbocycles. The van der Waals surface area contributed by atoms with Crippen LogP contribution in [0.15, 0.2) is 18.5 Å². The average Bonchev–Trinajstić information content (AvgIpc) is 2.75. The van der Waals surface area contributed by atoms with Gasteiger partial charge >= 0.3 is 0 Å². The van der Waals surface area contributed by atoms with Gasteiger partial charge in [0.05, 0.1) is 13.4 Å². The molecule has 2 rings (SSSR count). The summed E-state index contributed by atoms with van der Waals surface area (Å²) in [6.07, 6.45) is 7.76. The van der Waals surface area contributed by atoms with Crippen molar-refractivity contribution in [2.45, 2.75) is 18.9 Å². The molecule has 0 amide bonds. The van der Waals surface area contributed by atoms with E-state index in [1.54, 1.807) is 13.4 Å². The fraction of sp³-hybridized carbons (Fsp3) is 0.462. The van der Waals surface area contributed by atoms with Crippen molar-refractivity contribution in [3.8, 4) is 0 Å². The third kappa shape index (κ3) is 2.79. The first-order valence-corrected chi connectivity index (χ1v) is 6.15. The second kappa shape index (κ2) is 5.52. The monoisotopic (exact) mass is 252 g/mol. The fourth-order valence-electron chi connectivity index (χ4n) is 2.25. The van der Waals surface area contributed by atoms with E-state index in [1.807, 2.05) is 12.3 Å². The molecule has 1 aromatic heterocycles. The van der Waals surface area contributed by atoms with Crippen LogP contribution in [0.2, 0.25) is 5.15 Å². The minimum Gasteiger partial charge on any atom is -0.504 e. The Kier molecular flexibility index (Phi) is 4.02. The van der Waals surface area contributed by atoms with Crippen LogP contribution in [0.1, 0.15) is 30.0 Å². The second-order valence-corrected chi connectivity index (χ2v) is 4.68. The maximum Gasteiger partial charge on any atom is 0.136 e. The fourth-order valence-corrected chi connectivity index (χ4v) is 2.42. The Balaban J connectivity index is 2.27. The molecule has 0 bridgehead atoms. The standard InChI is InChI=1S/C13H17ClN2O/c1-16-6-3-4-12(16)11-8-10(5-7-17-2)13(14)15-9-11/h5,7-9,12H,3-4,6H2,1-2H3/b7-5-/t12-/m0/s1. The highest BCUT2D eigenvalue weighted by Crippen LogP contribution is 2.31. The first-order chi connectivity index (χ1) is 8.22. The Morgan fingerprint density at radius 1 is 1.59 bits per heavy atom. The molecule has 92 valence electrons. The first-order valence-electron chi connectivity index (χ1n) is 5.77. The van der Waals surface area contributed by atoms with E-state index in [2.05, 4.69) is 23.0 Å². The molecular weight excluding hydrogens is 236 g/mol. The number of nitrogens with zero attached hydrogens (tertiary/aromatic N) is 2. The van der Waals surface area contributed by atoms with Gasteiger partial charge in [-0.15, -0.1) is 0 Å². The number of rotatable bonds is 3. The van der Waals surface area contributed by atoms with Gasteiger partial charge in [0, 0.05) is 17.8 Å². The van der Waals surface area contributed by atoms with E-state index in [0.29, 0.717) is 11.2 Å². The highest BCUT2D eigenvalue weighted by atomic mass is 35.5. The molecule has 0 aromatic carbocycles. The molecular formula is C13H17ClN2O. The minimum absolute atomic E-state index is 0.467. The molecule has 0 N–H and O–H groups in total. The molecule has 17 heavy (non-hydrogen) atoms. The number of halogens is 1. The van der Waals surface area contributed by atoms with Crippen LogP contribution < -0.4 is 0 Å². The molecule has 0 radical (unpaired) electrons. The van der Waals surface area contributed by atoms with Crippen molar-refractivity contribution in [3.63, 3.8) is 0 Å². The molecule has 1 aliphatic heterocycles. The Bertz CT molecular complexity index is 420. The number of pyridine rings is 1. The number of methoxy groups -OCH3 is 1. The number of hydrogen-bond donors (Lipinski definition) is 0.